The van der Waals surface area contributed by atoms with E-state index in [0.717, 1.165) is 5.56 Å². The van der Waals surface area contributed by atoms with Crippen molar-refractivity contribution in [1.29, 1.82) is 0 Å². The number of esters is 1. The number of ketones is 2. The molecule has 0 amide bonds. The maximum absolute atomic E-state index is 12.2. The minimum atomic E-state index is -0.691. The quantitative estimate of drug-likeness (QED) is 0.588. The van der Waals surface area contributed by atoms with Crippen LogP contribution >= 0.6 is 11.6 Å². The Morgan fingerprint density at radius 2 is 1.81 bits per heavy atom. The first-order valence-corrected chi connectivity index (χ1v) is 8.36. The third-order valence-corrected chi connectivity index (χ3v) is 4.18. The summed E-state index contributed by atoms with van der Waals surface area (Å²) in [4.78, 5) is 38.6. The monoisotopic (exact) mass is 377 g/mol. The van der Waals surface area contributed by atoms with Gasteiger partial charge in [0.15, 0.2) is 19.0 Å². The molecule has 0 saturated heterocycles. The third kappa shape index (κ3) is 4.52. The summed E-state index contributed by atoms with van der Waals surface area (Å²) >= 11 is 5.98. The van der Waals surface area contributed by atoms with Gasteiger partial charge in [-0.1, -0.05) is 17.7 Å². The van der Waals surface area contributed by atoms with Crippen molar-refractivity contribution in [3.63, 3.8) is 0 Å². The van der Waals surface area contributed by atoms with Gasteiger partial charge >= 0.3 is 5.97 Å². The van der Waals surface area contributed by atoms with E-state index in [0.29, 0.717) is 27.6 Å². The van der Waals surface area contributed by atoms with Crippen LogP contribution in [0.25, 0.3) is 0 Å². The van der Waals surface area contributed by atoms with E-state index in [1.54, 1.807) is 26.0 Å². The topological polar surface area (TPSA) is 85.5 Å². The molecule has 0 spiro atoms. The molecule has 0 saturated carbocycles. The molecule has 2 rings (SSSR count). The number of Topliss-reactive ketones (excluding diaryl/α,β-unsaturated/α-hetero) is 2. The molecule has 2 aromatic rings. The molecule has 0 unspecified atom stereocenters. The van der Waals surface area contributed by atoms with Crippen LogP contribution in [0.3, 0.4) is 0 Å². The van der Waals surface area contributed by atoms with Crippen molar-refractivity contribution in [2.45, 2.75) is 27.7 Å². The van der Waals surface area contributed by atoms with Gasteiger partial charge in [0.2, 0.25) is 5.78 Å². The van der Waals surface area contributed by atoms with Gasteiger partial charge in [0, 0.05) is 11.3 Å². The zero-order valence-corrected chi connectivity index (χ0v) is 15.8. The summed E-state index contributed by atoms with van der Waals surface area (Å²) in [6.07, 6.45) is 0. The molecule has 7 heteroatoms. The number of carbonyl (C=O) groups is 3. The van der Waals surface area contributed by atoms with Gasteiger partial charge in [-0.25, -0.2) is 4.79 Å². The van der Waals surface area contributed by atoms with Gasteiger partial charge in [0.1, 0.15) is 5.75 Å². The lowest BCUT2D eigenvalue weighted by molar-refractivity contribution is -0.144. The van der Waals surface area contributed by atoms with Gasteiger partial charge in [0.25, 0.3) is 0 Å². The number of aromatic nitrogens is 1. The van der Waals surface area contributed by atoms with E-state index < -0.39 is 18.4 Å². The van der Waals surface area contributed by atoms with Crippen molar-refractivity contribution in [1.82, 2.24) is 4.98 Å². The number of halogens is 1. The molecule has 138 valence electrons. The number of carbonyl (C=O) groups excluding carboxylic acids is 3. The minimum absolute atomic E-state index is 0.129. The van der Waals surface area contributed by atoms with E-state index in [1.165, 1.54) is 6.92 Å². The van der Waals surface area contributed by atoms with Crippen LogP contribution in [0.2, 0.25) is 5.02 Å². The lowest BCUT2D eigenvalue weighted by atomic mass is 10.1. The molecule has 6 nitrogen and oxygen atoms in total. The lowest BCUT2D eigenvalue weighted by Crippen LogP contribution is -2.20. The normalized spacial score (nSPS) is 10.5. The van der Waals surface area contributed by atoms with Crippen LogP contribution in [0, 0.1) is 20.8 Å². The van der Waals surface area contributed by atoms with Crippen LogP contribution in [0.15, 0.2) is 18.2 Å². The van der Waals surface area contributed by atoms with E-state index in [9.17, 15) is 14.4 Å². The van der Waals surface area contributed by atoms with Crippen LogP contribution in [0.5, 0.6) is 5.75 Å². The Labute approximate surface area is 156 Å². The van der Waals surface area contributed by atoms with Crippen molar-refractivity contribution in [3.05, 3.63) is 51.3 Å². The van der Waals surface area contributed by atoms with E-state index in [4.69, 9.17) is 21.1 Å². The standard InChI is InChI=1S/C19H20ClNO5/c1-10-5-6-14(20)16(7-10)25-9-17(24)26-8-15(23)19-11(2)18(13(4)22)12(3)21-19/h5-7,21H,8-9H2,1-4H3. The summed E-state index contributed by atoms with van der Waals surface area (Å²) in [5.74, 6) is -0.865. The fourth-order valence-corrected chi connectivity index (χ4v) is 2.85. The smallest absolute Gasteiger partial charge is 0.344 e. The summed E-state index contributed by atoms with van der Waals surface area (Å²) in [6.45, 7) is 5.89. The molecule has 1 aromatic heterocycles. The second-order valence-electron chi connectivity index (χ2n) is 5.99. The molecule has 0 fully saturated rings. The number of ether oxygens (including phenoxy) is 2. The van der Waals surface area contributed by atoms with Crippen LogP contribution < -0.4 is 4.74 Å². The van der Waals surface area contributed by atoms with Crippen molar-refractivity contribution in [2.75, 3.05) is 13.2 Å². The average Bonchev–Trinajstić information content (AvgIpc) is 2.88. The predicted octanol–water partition coefficient (Wildman–Crippen LogP) is 3.60. The SMILES string of the molecule is CC(=O)c1c(C)[nH]c(C(=O)COC(=O)COc2cc(C)ccc2Cl)c1C. The number of hydrogen-bond acceptors (Lipinski definition) is 5. The molecule has 0 aliphatic rings. The Morgan fingerprint density at radius 1 is 1.12 bits per heavy atom. The zero-order chi connectivity index (χ0) is 19.4. The predicted molar refractivity (Wildman–Crippen MR) is 97.2 cm³/mol. The Hall–Kier alpha value is -2.60. The highest BCUT2D eigenvalue weighted by atomic mass is 35.5. The summed E-state index contributed by atoms with van der Waals surface area (Å²) in [5.41, 5.74) is 2.85. The van der Waals surface area contributed by atoms with E-state index in [-0.39, 0.29) is 18.1 Å². The second-order valence-corrected chi connectivity index (χ2v) is 6.39. The Balaban J connectivity index is 1.93. The fraction of sp³-hybridized carbons (Fsp3) is 0.316. The number of aryl methyl sites for hydroxylation is 2. The highest BCUT2D eigenvalue weighted by Gasteiger charge is 2.20. The molecule has 1 N–H and O–H groups in total. The first-order valence-electron chi connectivity index (χ1n) is 7.98. The van der Waals surface area contributed by atoms with Gasteiger partial charge in [0.05, 0.1) is 10.7 Å². The minimum Gasteiger partial charge on any atom is -0.480 e. The fourth-order valence-electron chi connectivity index (χ4n) is 2.67. The second kappa shape index (κ2) is 8.19. The van der Waals surface area contributed by atoms with E-state index >= 15 is 0 Å². The number of benzene rings is 1. The van der Waals surface area contributed by atoms with Crippen molar-refractivity contribution in [3.8, 4) is 5.75 Å². The van der Waals surface area contributed by atoms with Crippen LogP contribution in [0.4, 0.5) is 0 Å². The van der Waals surface area contributed by atoms with Gasteiger partial charge in [-0.3, -0.25) is 9.59 Å². The number of rotatable bonds is 7. The van der Waals surface area contributed by atoms with Gasteiger partial charge in [-0.05, 0) is 51.0 Å². The molecule has 0 radical (unpaired) electrons. The lowest BCUT2D eigenvalue weighted by Gasteiger charge is -2.09. The first-order chi connectivity index (χ1) is 12.2. The maximum Gasteiger partial charge on any atom is 0.344 e. The average molecular weight is 378 g/mol. The Kier molecular flexibility index (Phi) is 6.21. The molecule has 0 aliphatic carbocycles. The van der Waals surface area contributed by atoms with E-state index in [1.807, 2.05) is 13.0 Å². The summed E-state index contributed by atoms with van der Waals surface area (Å²) in [6, 6.07) is 5.20. The van der Waals surface area contributed by atoms with Gasteiger partial charge in [-0.15, -0.1) is 0 Å². The molecule has 1 heterocycles. The number of aromatic amines is 1. The number of nitrogens with one attached hydrogen (secondary N) is 1. The van der Waals surface area contributed by atoms with Gasteiger partial charge in [-0.2, -0.15) is 0 Å². The van der Waals surface area contributed by atoms with Crippen LogP contribution in [-0.2, 0) is 9.53 Å². The molecule has 0 atom stereocenters. The molecule has 1 aromatic carbocycles. The van der Waals surface area contributed by atoms with Crippen molar-refractivity contribution < 1.29 is 23.9 Å². The molecular weight excluding hydrogens is 358 g/mol. The Bertz CT molecular complexity index is 869. The summed E-state index contributed by atoms with van der Waals surface area (Å²) in [5, 5.41) is 0.383. The van der Waals surface area contributed by atoms with Gasteiger partial charge < -0.3 is 14.5 Å². The van der Waals surface area contributed by atoms with Crippen molar-refractivity contribution >= 4 is 29.1 Å². The highest BCUT2D eigenvalue weighted by Crippen LogP contribution is 2.25. The Morgan fingerprint density at radius 3 is 2.42 bits per heavy atom. The van der Waals surface area contributed by atoms with Crippen molar-refractivity contribution in [2.24, 2.45) is 0 Å². The third-order valence-electron chi connectivity index (χ3n) is 3.86. The number of H-pyrrole nitrogens is 1. The number of hydrogen-bond donors (Lipinski definition) is 1. The molecule has 0 bridgehead atoms. The molecular formula is C19H20ClNO5. The highest BCUT2D eigenvalue weighted by molar-refractivity contribution is 6.32. The van der Waals surface area contributed by atoms with E-state index in [2.05, 4.69) is 4.98 Å². The maximum atomic E-state index is 12.2. The molecule has 0 aliphatic heterocycles. The van der Waals surface area contributed by atoms with Crippen LogP contribution in [0.1, 0.15) is 44.6 Å². The first kappa shape index (κ1) is 19.7. The zero-order valence-electron chi connectivity index (χ0n) is 15.1. The summed E-state index contributed by atoms with van der Waals surface area (Å²) in [7, 11) is 0. The molecule has 26 heavy (non-hydrogen) atoms. The van der Waals surface area contributed by atoms with Crippen LogP contribution in [-0.4, -0.2) is 35.7 Å². The summed E-state index contributed by atoms with van der Waals surface area (Å²) < 4.78 is 10.3. The largest absolute Gasteiger partial charge is 0.480 e.